The lowest BCUT2D eigenvalue weighted by atomic mass is 9.84. The van der Waals surface area contributed by atoms with Gasteiger partial charge in [-0.2, -0.15) is 0 Å². The standard InChI is InChI=1S/C33H35NO4S/c1-4-21-38-32(36)34-24-30(23-29(34)22-25(3)31(35)37-5-2)39-33(26-15-9-6-10-16-26,27-17-11-7-12-18-27)28-19-13-8-14-20-28/h4,6-20,22,29-30H,1,5,21,23-24H2,2-3H3/t29-,30+/m1/s1. The van der Waals surface area contributed by atoms with E-state index >= 15 is 0 Å². The number of amides is 1. The molecule has 202 valence electrons. The lowest BCUT2D eigenvalue weighted by Crippen LogP contribution is -2.36. The number of benzene rings is 3. The normalized spacial score (nSPS) is 17.5. The first-order valence-corrected chi connectivity index (χ1v) is 14.1. The fraction of sp³-hybridized carbons (Fsp3) is 0.273. The molecule has 0 bridgehead atoms. The summed E-state index contributed by atoms with van der Waals surface area (Å²) in [7, 11) is 0. The summed E-state index contributed by atoms with van der Waals surface area (Å²) in [6.45, 7) is 8.08. The fourth-order valence-corrected chi connectivity index (χ4v) is 6.91. The smallest absolute Gasteiger partial charge is 0.410 e. The third-order valence-electron chi connectivity index (χ3n) is 6.79. The number of hydrogen-bond acceptors (Lipinski definition) is 5. The van der Waals surface area contributed by atoms with Gasteiger partial charge >= 0.3 is 12.1 Å². The zero-order chi connectivity index (χ0) is 27.7. The second kappa shape index (κ2) is 13.3. The topological polar surface area (TPSA) is 55.8 Å². The van der Waals surface area contributed by atoms with Crippen molar-refractivity contribution in [2.45, 2.75) is 36.3 Å². The van der Waals surface area contributed by atoms with Crippen LogP contribution in [0.3, 0.4) is 0 Å². The highest BCUT2D eigenvalue weighted by Gasteiger charge is 2.44. The van der Waals surface area contributed by atoms with E-state index in [2.05, 4.69) is 79.4 Å². The molecule has 2 atom stereocenters. The number of nitrogens with zero attached hydrogens (tertiary/aromatic N) is 1. The average molecular weight is 542 g/mol. The van der Waals surface area contributed by atoms with Gasteiger partial charge in [-0.05, 0) is 37.0 Å². The Labute approximate surface area is 235 Å². The predicted octanol–water partition coefficient (Wildman–Crippen LogP) is 6.99. The SMILES string of the molecule is C=CCOC(=O)N1C[C@@H](SC(c2ccccc2)(c2ccccc2)c2ccccc2)C[C@H]1C=C(C)C(=O)OCC. The highest BCUT2D eigenvalue weighted by Crippen LogP contribution is 2.52. The van der Waals surface area contributed by atoms with Crippen LogP contribution in [0.2, 0.25) is 0 Å². The van der Waals surface area contributed by atoms with E-state index in [0.29, 0.717) is 25.1 Å². The molecule has 39 heavy (non-hydrogen) atoms. The van der Waals surface area contributed by atoms with Gasteiger partial charge in [0.2, 0.25) is 0 Å². The monoisotopic (exact) mass is 541 g/mol. The number of hydrogen-bond donors (Lipinski definition) is 0. The first-order chi connectivity index (χ1) is 19.0. The van der Waals surface area contributed by atoms with Gasteiger partial charge in [0, 0.05) is 17.4 Å². The molecule has 3 aromatic carbocycles. The Balaban J connectivity index is 1.77. The molecule has 1 aliphatic rings. The third kappa shape index (κ3) is 6.45. The molecule has 3 aromatic rings. The molecular formula is C33H35NO4S. The van der Waals surface area contributed by atoms with E-state index in [0.717, 1.165) is 16.7 Å². The molecular weight excluding hydrogens is 506 g/mol. The minimum Gasteiger partial charge on any atom is -0.463 e. The summed E-state index contributed by atoms with van der Waals surface area (Å²) in [6, 6.07) is 31.2. The molecule has 1 fully saturated rings. The van der Waals surface area contributed by atoms with Crippen LogP contribution in [0.1, 0.15) is 37.0 Å². The van der Waals surface area contributed by atoms with Gasteiger partial charge < -0.3 is 14.4 Å². The number of likely N-dealkylation sites (tertiary alicyclic amines) is 1. The van der Waals surface area contributed by atoms with Crippen LogP contribution in [0, 0.1) is 0 Å². The summed E-state index contributed by atoms with van der Waals surface area (Å²) >= 11 is 1.84. The molecule has 1 saturated heterocycles. The Kier molecular flexibility index (Phi) is 9.66. The number of thioether (sulfide) groups is 1. The Morgan fingerprint density at radius 2 is 1.44 bits per heavy atom. The van der Waals surface area contributed by atoms with E-state index in [1.807, 2.05) is 36.0 Å². The van der Waals surface area contributed by atoms with Gasteiger partial charge in [-0.1, -0.05) is 110 Å². The van der Waals surface area contributed by atoms with Gasteiger partial charge in [-0.25, -0.2) is 9.59 Å². The van der Waals surface area contributed by atoms with Crippen molar-refractivity contribution in [3.8, 4) is 0 Å². The van der Waals surface area contributed by atoms with Gasteiger partial charge in [-0.3, -0.25) is 0 Å². The maximum atomic E-state index is 13.1. The molecule has 0 aromatic heterocycles. The molecule has 0 aliphatic carbocycles. The number of esters is 1. The molecule has 4 rings (SSSR count). The highest BCUT2D eigenvalue weighted by atomic mass is 32.2. The molecule has 1 amide bonds. The molecule has 1 heterocycles. The van der Waals surface area contributed by atoms with Crippen molar-refractivity contribution < 1.29 is 19.1 Å². The van der Waals surface area contributed by atoms with E-state index < -0.39 is 10.8 Å². The maximum absolute atomic E-state index is 13.1. The summed E-state index contributed by atoms with van der Waals surface area (Å²) in [5.41, 5.74) is 3.97. The van der Waals surface area contributed by atoms with Crippen molar-refractivity contribution in [3.05, 3.63) is 132 Å². The lowest BCUT2D eigenvalue weighted by molar-refractivity contribution is -0.138. The van der Waals surface area contributed by atoms with Gasteiger partial charge in [0.15, 0.2) is 0 Å². The lowest BCUT2D eigenvalue weighted by Gasteiger charge is -2.37. The van der Waals surface area contributed by atoms with Crippen LogP contribution in [0.15, 0.2) is 115 Å². The molecule has 6 heteroatoms. The van der Waals surface area contributed by atoms with Crippen molar-refractivity contribution in [2.75, 3.05) is 19.8 Å². The van der Waals surface area contributed by atoms with Crippen LogP contribution in [-0.2, 0) is 19.0 Å². The Morgan fingerprint density at radius 3 is 1.90 bits per heavy atom. The van der Waals surface area contributed by atoms with E-state index in [1.54, 1.807) is 24.8 Å². The van der Waals surface area contributed by atoms with Gasteiger partial charge in [0.1, 0.15) is 6.61 Å². The largest absolute Gasteiger partial charge is 0.463 e. The zero-order valence-corrected chi connectivity index (χ0v) is 23.3. The quantitative estimate of drug-likeness (QED) is 0.120. The molecule has 0 saturated carbocycles. The van der Waals surface area contributed by atoms with Crippen LogP contribution in [0.25, 0.3) is 0 Å². The third-order valence-corrected chi connectivity index (χ3v) is 8.52. The van der Waals surface area contributed by atoms with Gasteiger partial charge in [0.25, 0.3) is 0 Å². The number of ether oxygens (including phenoxy) is 2. The summed E-state index contributed by atoms with van der Waals surface area (Å²) in [6.07, 6.45) is 3.64. The minimum absolute atomic E-state index is 0.0538. The van der Waals surface area contributed by atoms with Crippen molar-refractivity contribution in [1.82, 2.24) is 4.90 Å². The van der Waals surface area contributed by atoms with E-state index in [4.69, 9.17) is 9.47 Å². The van der Waals surface area contributed by atoms with Crippen molar-refractivity contribution in [1.29, 1.82) is 0 Å². The summed E-state index contributed by atoms with van der Waals surface area (Å²) < 4.78 is 10.1. The summed E-state index contributed by atoms with van der Waals surface area (Å²) in [5.74, 6) is -0.375. The van der Waals surface area contributed by atoms with Crippen LogP contribution in [0.4, 0.5) is 4.79 Å². The first kappa shape index (κ1) is 28.2. The van der Waals surface area contributed by atoms with Gasteiger partial charge in [-0.15, -0.1) is 11.8 Å². The Morgan fingerprint density at radius 1 is 0.923 bits per heavy atom. The fourth-order valence-electron chi connectivity index (χ4n) is 5.07. The summed E-state index contributed by atoms with van der Waals surface area (Å²) in [5, 5.41) is 0.0538. The number of carbonyl (C=O) groups excluding carboxylic acids is 2. The van der Waals surface area contributed by atoms with Crippen molar-refractivity contribution >= 4 is 23.8 Å². The average Bonchev–Trinajstić information content (AvgIpc) is 3.38. The van der Waals surface area contributed by atoms with E-state index in [1.165, 1.54) is 0 Å². The highest BCUT2D eigenvalue weighted by molar-refractivity contribution is 8.01. The summed E-state index contributed by atoms with van der Waals surface area (Å²) in [4.78, 5) is 27.2. The van der Waals surface area contributed by atoms with Crippen LogP contribution < -0.4 is 0 Å². The van der Waals surface area contributed by atoms with Gasteiger partial charge in [0.05, 0.1) is 17.4 Å². The van der Waals surface area contributed by atoms with Crippen molar-refractivity contribution in [2.24, 2.45) is 0 Å². The van der Waals surface area contributed by atoms with E-state index in [-0.39, 0.29) is 23.9 Å². The predicted molar refractivity (Wildman–Crippen MR) is 158 cm³/mol. The molecule has 0 radical (unpaired) electrons. The van der Waals surface area contributed by atoms with Crippen LogP contribution in [-0.4, -0.2) is 48.0 Å². The van der Waals surface area contributed by atoms with Crippen LogP contribution >= 0.6 is 11.8 Å². The number of carbonyl (C=O) groups is 2. The second-order valence-corrected chi connectivity index (χ2v) is 10.9. The number of rotatable bonds is 10. The Bertz CT molecular complexity index is 1180. The molecule has 0 spiro atoms. The minimum atomic E-state index is -0.514. The van der Waals surface area contributed by atoms with Crippen LogP contribution in [0.5, 0.6) is 0 Å². The maximum Gasteiger partial charge on any atom is 0.410 e. The Hall–Kier alpha value is -3.77. The van der Waals surface area contributed by atoms with Crippen molar-refractivity contribution in [3.63, 3.8) is 0 Å². The molecule has 5 nitrogen and oxygen atoms in total. The second-order valence-electron chi connectivity index (χ2n) is 9.41. The zero-order valence-electron chi connectivity index (χ0n) is 22.5. The van der Waals surface area contributed by atoms with E-state index in [9.17, 15) is 9.59 Å². The first-order valence-electron chi connectivity index (χ1n) is 13.2. The molecule has 1 aliphatic heterocycles. The molecule has 0 unspecified atom stereocenters. The molecule has 0 N–H and O–H groups in total.